The Morgan fingerprint density at radius 1 is 1.00 bits per heavy atom. The summed E-state index contributed by atoms with van der Waals surface area (Å²) in [6.07, 6.45) is 1.18. The predicted octanol–water partition coefficient (Wildman–Crippen LogP) is 0.237. The Hall–Kier alpha value is -0.160. The van der Waals surface area contributed by atoms with Gasteiger partial charge in [0, 0.05) is 12.5 Å². The molecule has 0 aromatic rings. The van der Waals surface area contributed by atoms with Gasteiger partial charge in [0.1, 0.15) is 0 Å². The van der Waals surface area contributed by atoms with E-state index in [1.807, 2.05) is 6.92 Å². The minimum Gasteiger partial charge on any atom is -0.396 e. The maximum atomic E-state index is 9.64. The van der Waals surface area contributed by atoms with Crippen molar-refractivity contribution < 1.29 is 20.4 Å². The minimum absolute atomic E-state index is 0.118. The zero-order chi connectivity index (χ0) is 11.0. The van der Waals surface area contributed by atoms with Crippen LogP contribution < -0.4 is 0 Å². The summed E-state index contributed by atoms with van der Waals surface area (Å²) in [5, 5.41) is 36.2. The fourth-order valence-electron chi connectivity index (χ4n) is 1.55. The summed E-state index contributed by atoms with van der Waals surface area (Å²) in [4.78, 5) is 0. The summed E-state index contributed by atoms with van der Waals surface area (Å²) in [7, 11) is 0. The number of rotatable bonds is 8. The molecule has 0 radical (unpaired) electrons. The Labute approximate surface area is 85.2 Å². The third-order valence-corrected chi connectivity index (χ3v) is 2.41. The molecule has 2 atom stereocenters. The van der Waals surface area contributed by atoms with Gasteiger partial charge in [-0.25, -0.2) is 0 Å². The third-order valence-electron chi connectivity index (χ3n) is 2.41. The van der Waals surface area contributed by atoms with Gasteiger partial charge < -0.3 is 20.4 Å². The molecule has 0 fully saturated rings. The zero-order valence-corrected chi connectivity index (χ0v) is 8.76. The SMILES string of the molecule is CCCC(C(O)O)C(O)CCCCO. The van der Waals surface area contributed by atoms with E-state index >= 15 is 0 Å². The van der Waals surface area contributed by atoms with Crippen LogP contribution in [0.25, 0.3) is 0 Å². The lowest BCUT2D eigenvalue weighted by atomic mass is 9.93. The molecule has 0 amide bonds. The highest BCUT2D eigenvalue weighted by Crippen LogP contribution is 2.19. The summed E-state index contributed by atoms with van der Waals surface area (Å²) in [6.45, 7) is 2.06. The van der Waals surface area contributed by atoms with Gasteiger partial charge >= 0.3 is 0 Å². The van der Waals surface area contributed by atoms with Gasteiger partial charge in [0.15, 0.2) is 6.29 Å². The number of aliphatic hydroxyl groups is 4. The van der Waals surface area contributed by atoms with Crippen LogP contribution in [0, 0.1) is 5.92 Å². The van der Waals surface area contributed by atoms with Crippen LogP contribution in [0.15, 0.2) is 0 Å². The largest absolute Gasteiger partial charge is 0.396 e. The second kappa shape index (κ2) is 8.17. The quantitative estimate of drug-likeness (QED) is 0.339. The van der Waals surface area contributed by atoms with Gasteiger partial charge in [-0.15, -0.1) is 0 Å². The number of aliphatic hydroxyl groups excluding tert-OH is 3. The molecule has 0 bridgehead atoms. The van der Waals surface area contributed by atoms with Gasteiger partial charge in [0.25, 0.3) is 0 Å². The van der Waals surface area contributed by atoms with Crippen LogP contribution in [0.3, 0.4) is 0 Å². The van der Waals surface area contributed by atoms with Gasteiger partial charge in [0.05, 0.1) is 6.10 Å². The first-order chi connectivity index (χ1) is 6.63. The average Bonchev–Trinajstić information content (AvgIpc) is 2.13. The summed E-state index contributed by atoms with van der Waals surface area (Å²) >= 11 is 0. The molecule has 0 aromatic carbocycles. The number of hydrogen-bond acceptors (Lipinski definition) is 4. The third kappa shape index (κ3) is 5.54. The van der Waals surface area contributed by atoms with Crippen LogP contribution in [0.1, 0.15) is 39.0 Å². The van der Waals surface area contributed by atoms with Crippen molar-refractivity contribution in [3.05, 3.63) is 0 Å². The van der Waals surface area contributed by atoms with Crippen molar-refractivity contribution >= 4 is 0 Å². The van der Waals surface area contributed by atoms with E-state index in [4.69, 9.17) is 15.3 Å². The van der Waals surface area contributed by atoms with Gasteiger partial charge in [-0.05, 0) is 25.7 Å². The maximum absolute atomic E-state index is 9.64. The van der Waals surface area contributed by atoms with Crippen molar-refractivity contribution in [1.82, 2.24) is 0 Å². The molecule has 4 heteroatoms. The maximum Gasteiger partial charge on any atom is 0.156 e. The summed E-state index contributed by atoms with van der Waals surface area (Å²) in [6, 6.07) is 0. The molecule has 86 valence electrons. The van der Waals surface area contributed by atoms with Gasteiger partial charge in [-0.2, -0.15) is 0 Å². The molecular formula is C10H22O4. The second-order valence-electron chi connectivity index (χ2n) is 3.65. The fraction of sp³-hybridized carbons (Fsp3) is 1.00. The Morgan fingerprint density at radius 2 is 1.64 bits per heavy atom. The summed E-state index contributed by atoms with van der Waals surface area (Å²) in [5.74, 6) is -0.460. The molecule has 14 heavy (non-hydrogen) atoms. The molecule has 4 nitrogen and oxygen atoms in total. The molecule has 0 heterocycles. The molecule has 4 N–H and O–H groups in total. The number of hydrogen-bond donors (Lipinski definition) is 4. The van der Waals surface area contributed by atoms with E-state index in [0.717, 1.165) is 6.42 Å². The summed E-state index contributed by atoms with van der Waals surface area (Å²) in [5.41, 5.74) is 0. The Bertz CT molecular complexity index is 127. The first-order valence-electron chi connectivity index (χ1n) is 5.28. The first kappa shape index (κ1) is 13.8. The summed E-state index contributed by atoms with van der Waals surface area (Å²) < 4.78 is 0. The zero-order valence-electron chi connectivity index (χ0n) is 8.76. The van der Waals surface area contributed by atoms with Crippen molar-refractivity contribution in [2.24, 2.45) is 5.92 Å². The van der Waals surface area contributed by atoms with Crippen LogP contribution >= 0.6 is 0 Å². The lowest BCUT2D eigenvalue weighted by Crippen LogP contribution is -2.31. The van der Waals surface area contributed by atoms with E-state index in [2.05, 4.69) is 0 Å². The highest BCUT2D eigenvalue weighted by atomic mass is 16.5. The van der Waals surface area contributed by atoms with Crippen molar-refractivity contribution in [3.63, 3.8) is 0 Å². The molecule has 0 saturated carbocycles. The van der Waals surface area contributed by atoms with Crippen molar-refractivity contribution in [2.45, 2.75) is 51.4 Å². The van der Waals surface area contributed by atoms with Gasteiger partial charge in [-0.1, -0.05) is 13.3 Å². The Balaban J connectivity index is 3.82. The Kier molecular flexibility index (Phi) is 8.08. The van der Waals surface area contributed by atoms with Crippen LogP contribution in [0.5, 0.6) is 0 Å². The van der Waals surface area contributed by atoms with Gasteiger partial charge in [-0.3, -0.25) is 0 Å². The fourth-order valence-corrected chi connectivity index (χ4v) is 1.55. The molecule has 0 aliphatic rings. The lowest BCUT2D eigenvalue weighted by Gasteiger charge is -2.23. The molecule has 0 rings (SSSR count). The smallest absolute Gasteiger partial charge is 0.156 e. The van der Waals surface area contributed by atoms with Gasteiger partial charge in [0.2, 0.25) is 0 Å². The van der Waals surface area contributed by atoms with Crippen molar-refractivity contribution in [2.75, 3.05) is 6.61 Å². The normalized spacial score (nSPS) is 15.9. The molecular weight excluding hydrogens is 184 g/mol. The van der Waals surface area contributed by atoms with Crippen LogP contribution in [0.2, 0.25) is 0 Å². The topological polar surface area (TPSA) is 80.9 Å². The Morgan fingerprint density at radius 3 is 2.07 bits per heavy atom. The lowest BCUT2D eigenvalue weighted by molar-refractivity contribution is -0.122. The molecule has 0 aliphatic carbocycles. The van der Waals surface area contributed by atoms with E-state index in [1.165, 1.54) is 0 Å². The van der Waals surface area contributed by atoms with E-state index in [9.17, 15) is 5.11 Å². The highest BCUT2D eigenvalue weighted by molar-refractivity contribution is 4.70. The molecule has 0 aromatic heterocycles. The van der Waals surface area contributed by atoms with Crippen molar-refractivity contribution in [3.8, 4) is 0 Å². The van der Waals surface area contributed by atoms with Crippen molar-refractivity contribution in [1.29, 1.82) is 0 Å². The molecule has 0 spiro atoms. The number of unbranched alkanes of at least 4 members (excludes halogenated alkanes) is 1. The molecule has 0 saturated heterocycles. The van der Waals surface area contributed by atoms with Crippen LogP contribution in [0.4, 0.5) is 0 Å². The highest BCUT2D eigenvalue weighted by Gasteiger charge is 2.23. The predicted molar refractivity (Wildman–Crippen MR) is 53.6 cm³/mol. The van der Waals surface area contributed by atoms with E-state index in [0.29, 0.717) is 25.7 Å². The monoisotopic (exact) mass is 206 g/mol. The standard InChI is InChI=1S/C10H22O4/c1-2-5-8(10(13)14)9(12)6-3-4-7-11/h8-14H,2-7H2,1H3. The molecule has 2 unspecified atom stereocenters. The average molecular weight is 206 g/mol. The van der Waals surface area contributed by atoms with Crippen LogP contribution in [-0.4, -0.2) is 39.4 Å². The van der Waals surface area contributed by atoms with Crippen LogP contribution in [-0.2, 0) is 0 Å². The second-order valence-corrected chi connectivity index (χ2v) is 3.65. The first-order valence-corrected chi connectivity index (χ1v) is 5.28. The van der Waals surface area contributed by atoms with E-state index < -0.39 is 18.3 Å². The minimum atomic E-state index is -1.45. The van der Waals surface area contributed by atoms with E-state index in [1.54, 1.807) is 0 Å². The van der Waals surface area contributed by atoms with E-state index in [-0.39, 0.29) is 6.61 Å². The molecule has 0 aliphatic heterocycles.